The number of rotatable bonds is 3. The molecule has 0 fully saturated rings. The van der Waals surface area contributed by atoms with Gasteiger partial charge in [-0.2, -0.15) is 0 Å². The lowest BCUT2D eigenvalue weighted by Gasteiger charge is -2.11. The molecule has 0 bridgehead atoms. The van der Waals surface area contributed by atoms with E-state index in [0.717, 1.165) is 35.0 Å². The van der Waals surface area contributed by atoms with E-state index >= 15 is 0 Å². The highest BCUT2D eigenvalue weighted by molar-refractivity contribution is 5.82. The molecule has 3 N–H and O–H groups in total. The molecule has 2 aromatic rings. The minimum Gasteiger partial charge on any atom is -0.366 e. The molecule has 0 saturated heterocycles. The first-order chi connectivity index (χ1) is 8.83. The zero-order valence-corrected chi connectivity index (χ0v) is 10.0. The average molecular weight is 237 g/mol. The van der Waals surface area contributed by atoms with E-state index in [4.69, 9.17) is 0 Å². The van der Waals surface area contributed by atoms with Gasteiger partial charge >= 0.3 is 0 Å². The van der Waals surface area contributed by atoms with Crippen LogP contribution in [0.15, 0.2) is 55.1 Å². The quantitative estimate of drug-likeness (QED) is 0.763. The molecule has 0 spiro atoms. The van der Waals surface area contributed by atoms with Gasteiger partial charge in [0.25, 0.3) is 0 Å². The Labute approximate surface area is 107 Å². The Morgan fingerprint density at radius 3 is 2.61 bits per heavy atom. The van der Waals surface area contributed by atoms with Crippen LogP contribution in [-0.4, -0.2) is 6.67 Å². The van der Waals surface area contributed by atoms with E-state index in [-0.39, 0.29) is 0 Å². The summed E-state index contributed by atoms with van der Waals surface area (Å²) in [7, 11) is 0. The van der Waals surface area contributed by atoms with Gasteiger partial charge in [0.2, 0.25) is 0 Å². The highest BCUT2D eigenvalue weighted by Crippen LogP contribution is 2.30. The standard InChI is InChI=1S/C15H15N3/c1-11(12-5-3-2-4-6-12)18-13-7-8-14-15(9-13)17-10-16-14/h2-9,16-18H,1,10H2. The van der Waals surface area contributed by atoms with E-state index in [1.807, 2.05) is 36.4 Å². The van der Waals surface area contributed by atoms with Crippen molar-refractivity contribution in [1.82, 2.24) is 0 Å². The molecule has 3 nitrogen and oxygen atoms in total. The highest BCUT2D eigenvalue weighted by atomic mass is 15.1. The molecule has 0 atom stereocenters. The minimum atomic E-state index is 0.790. The Kier molecular flexibility index (Phi) is 2.65. The SMILES string of the molecule is C=C(Nc1ccc2c(c1)NCN2)c1ccccc1. The van der Waals surface area contributed by atoms with E-state index in [0.29, 0.717) is 0 Å². The van der Waals surface area contributed by atoms with Crippen molar-refractivity contribution in [3.05, 3.63) is 60.7 Å². The number of hydrogen-bond acceptors (Lipinski definition) is 3. The second-order valence-corrected chi connectivity index (χ2v) is 4.26. The van der Waals surface area contributed by atoms with Gasteiger partial charge in [0.1, 0.15) is 0 Å². The van der Waals surface area contributed by atoms with Crippen molar-refractivity contribution in [2.45, 2.75) is 0 Å². The van der Waals surface area contributed by atoms with Gasteiger partial charge in [-0.1, -0.05) is 36.9 Å². The lowest BCUT2D eigenvalue weighted by Crippen LogP contribution is -1.99. The number of benzene rings is 2. The summed E-state index contributed by atoms with van der Waals surface area (Å²) < 4.78 is 0. The summed E-state index contributed by atoms with van der Waals surface area (Å²) in [5.74, 6) is 0. The van der Waals surface area contributed by atoms with Crippen LogP contribution in [0.3, 0.4) is 0 Å². The zero-order chi connectivity index (χ0) is 12.4. The van der Waals surface area contributed by atoms with Crippen LogP contribution < -0.4 is 16.0 Å². The minimum absolute atomic E-state index is 0.790. The zero-order valence-electron chi connectivity index (χ0n) is 10.0. The van der Waals surface area contributed by atoms with Crippen LogP contribution in [0.1, 0.15) is 5.56 Å². The molecular weight excluding hydrogens is 222 g/mol. The van der Waals surface area contributed by atoms with Gasteiger partial charge in [-0.25, -0.2) is 0 Å². The fourth-order valence-electron chi connectivity index (χ4n) is 2.04. The van der Waals surface area contributed by atoms with Crippen molar-refractivity contribution in [1.29, 1.82) is 0 Å². The molecule has 3 heteroatoms. The molecule has 3 rings (SSSR count). The molecule has 90 valence electrons. The first kappa shape index (κ1) is 10.7. The number of anilines is 3. The first-order valence-electron chi connectivity index (χ1n) is 5.96. The molecule has 18 heavy (non-hydrogen) atoms. The van der Waals surface area contributed by atoms with E-state index < -0.39 is 0 Å². The maximum Gasteiger partial charge on any atom is 0.0850 e. The van der Waals surface area contributed by atoms with Crippen molar-refractivity contribution in [3.8, 4) is 0 Å². The summed E-state index contributed by atoms with van der Waals surface area (Å²) in [6.07, 6.45) is 0. The van der Waals surface area contributed by atoms with Gasteiger partial charge in [0, 0.05) is 11.4 Å². The molecule has 0 aromatic heterocycles. The Bertz CT molecular complexity index is 576. The topological polar surface area (TPSA) is 36.1 Å². The van der Waals surface area contributed by atoms with Crippen molar-refractivity contribution < 1.29 is 0 Å². The van der Waals surface area contributed by atoms with Crippen LogP contribution in [0.5, 0.6) is 0 Å². The number of nitrogens with one attached hydrogen (secondary N) is 3. The van der Waals surface area contributed by atoms with Crippen LogP contribution >= 0.6 is 0 Å². The molecule has 1 aliphatic heterocycles. The van der Waals surface area contributed by atoms with Gasteiger partial charge in [0.05, 0.1) is 18.0 Å². The van der Waals surface area contributed by atoms with Crippen molar-refractivity contribution in [2.75, 3.05) is 22.6 Å². The van der Waals surface area contributed by atoms with Crippen LogP contribution in [0, 0.1) is 0 Å². The Morgan fingerprint density at radius 1 is 1.00 bits per heavy atom. The molecule has 0 radical (unpaired) electrons. The summed E-state index contributed by atoms with van der Waals surface area (Å²) in [6, 6.07) is 16.3. The number of hydrogen-bond donors (Lipinski definition) is 3. The van der Waals surface area contributed by atoms with E-state index in [9.17, 15) is 0 Å². The van der Waals surface area contributed by atoms with E-state index in [1.165, 1.54) is 0 Å². The summed E-state index contributed by atoms with van der Waals surface area (Å²) in [5, 5.41) is 9.85. The van der Waals surface area contributed by atoms with Crippen LogP contribution in [0.2, 0.25) is 0 Å². The molecule has 0 aliphatic carbocycles. The fourth-order valence-corrected chi connectivity index (χ4v) is 2.04. The third-order valence-corrected chi connectivity index (χ3v) is 2.99. The van der Waals surface area contributed by atoms with Gasteiger partial charge < -0.3 is 16.0 Å². The first-order valence-corrected chi connectivity index (χ1v) is 5.96. The lowest BCUT2D eigenvalue weighted by atomic mass is 10.1. The predicted molar refractivity (Wildman–Crippen MR) is 77.7 cm³/mol. The molecule has 1 heterocycles. The van der Waals surface area contributed by atoms with Crippen LogP contribution in [0.25, 0.3) is 5.70 Å². The summed E-state index contributed by atoms with van der Waals surface area (Å²) in [4.78, 5) is 0. The maximum atomic E-state index is 4.07. The largest absolute Gasteiger partial charge is 0.366 e. The third kappa shape index (κ3) is 2.02. The van der Waals surface area contributed by atoms with Gasteiger partial charge in [-0.3, -0.25) is 0 Å². The maximum absolute atomic E-state index is 4.07. The lowest BCUT2D eigenvalue weighted by molar-refractivity contribution is 1.31. The summed E-state index contributed by atoms with van der Waals surface area (Å²) >= 11 is 0. The second-order valence-electron chi connectivity index (χ2n) is 4.26. The fraction of sp³-hybridized carbons (Fsp3) is 0.0667. The molecule has 1 aliphatic rings. The Hall–Kier alpha value is -2.42. The second kappa shape index (κ2) is 4.45. The van der Waals surface area contributed by atoms with E-state index in [1.54, 1.807) is 0 Å². The van der Waals surface area contributed by atoms with Crippen LogP contribution in [-0.2, 0) is 0 Å². The summed E-state index contributed by atoms with van der Waals surface area (Å²) in [6.45, 7) is 4.86. The molecule has 0 amide bonds. The molecule has 0 saturated carbocycles. The Morgan fingerprint density at radius 2 is 1.78 bits per heavy atom. The molecular formula is C15H15N3. The van der Waals surface area contributed by atoms with Gasteiger partial charge in [-0.15, -0.1) is 0 Å². The monoisotopic (exact) mass is 237 g/mol. The van der Waals surface area contributed by atoms with E-state index in [2.05, 4.69) is 34.7 Å². The van der Waals surface area contributed by atoms with Gasteiger partial charge in [0.15, 0.2) is 0 Å². The van der Waals surface area contributed by atoms with Crippen LogP contribution in [0.4, 0.5) is 17.1 Å². The van der Waals surface area contributed by atoms with Crippen molar-refractivity contribution >= 4 is 22.8 Å². The normalized spacial score (nSPS) is 12.2. The summed E-state index contributed by atoms with van der Waals surface area (Å²) in [5.41, 5.74) is 5.32. The van der Waals surface area contributed by atoms with Crippen molar-refractivity contribution in [2.24, 2.45) is 0 Å². The average Bonchev–Trinajstić information content (AvgIpc) is 2.87. The highest BCUT2D eigenvalue weighted by Gasteiger charge is 2.09. The third-order valence-electron chi connectivity index (χ3n) is 2.99. The number of fused-ring (bicyclic) bond motifs is 1. The predicted octanol–water partition coefficient (Wildman–Crippen LogP) is 3.56. The smallest absolute Gasteiger partial charge is 0.0850 e. The Balaban J connectivity index is 1.79. The molecule has 0 unspecified atom stereocenters. The van der Waals surface area contributed by atoms with Gasteiger partial charge in [-0.05, 0) is 23.8 Å². The molecule has 2 aromatic carbocycles. The van der Waals surface area contributed by atoms with Crippen molar-refractivity contribution in [3.63, 3.8) is 0 Å².